The van der Waals surface area contributed by atoms with E-state index in [4.69, 9.17) is 0 Å². The van der Waals surface area contributed by atoms with Gasteiger partial charge in [0.2, 0.25) is 0 Å². The van der Waals surface area contributed by atoms with Crippen LogP contribution in [0, 0.1) is 0 Å². The van der Waals surface area contributed by atoms with E-state index in [1.165, 1.54) is 11.1 Å². The van der Waals surface area contributed by atoms with E-state index in [1.54, 1.807) is 12.7 Å². The molecule has 0 unspecified atom stereocenters. The summed E-state index contributed by atoms with van der Waals surface area (Å²) in [5, 5.41) is 0. The smallest absolute Gasteiger partial charge is 0.164 e. The van der Waals surface area contributed by atoms with E-state index >= 15 is 0 Å². The van der Waals surface area contributed by atoms with Crippen LogP contribution >= 0.6 is 0 Å². The van der Waals surface area contributed by atoms with Crippen molar-refractivity contribution in [1.82, 2.24) is 39.0 Å². The molecule has 0 bridgehead atoms. The maximum Gasteiger partial charge on any atom is 0.164 e. The first-order valence-electron chi connectivity index (χ1n) is 12.3. The molecule has 0 spiro atoms. The van der Waals surface area contributed by atoms with Crippen LogP contribution in [-0.2, 0) is 13.1 Å². The normalized spacial score (nSPS) is 11.4. The van der Waals surface area contributed by atoms with Crippen molar-refractivity contribution in [2.24, 2.45) is 0 Å². The third kappa shape index (κ3) is 3.98. The first-order valence-corrected chi connectivity index (χ1v) is 12.3. The largest absolute Gasteiger partial charge is 0.311 e. The van der Waals surface area contributed by atoms with Gasteiger partial charge >= 0.3 is 0 Å². The standard InChI is InChI=1S/C30H22N8/c1-3-7-21(8-4-1)15-37-19-35-27-25(31-17-33-29(27)37)23-11-13-24(14-12-23)26-28-30(34-18-32-26)38(20-36-28)16-22-9-5-2-6-10-22/h1-14,17-20H,15-16H2. The lowest BCUT2D eigenvalue weighted by molar-refractivity contribution is 0.813. The number of hydrogen-bond donors (Lipinski definition) is 0. The monoisotopic (exact) mass is 494 g/mol. The fourth-order valence-electron chi connectivity index (χ4n) is 4.76. The summed E-state index contributed by atoms with van der Waals surface area (Å²) in [6, 6.07) is 28.8. The Morgan fingerprint density at radius 1 is 0.447 bits per heavy atom. The number of hydrogen-bond acceptors (Lipinski definition) is 6. The quantitative estimate of drug-likeness (QED) is 0.308. The van der Waals surface area contributed by atoms with Crippen LogP contribution in [0.5, 0.6) is 0 Å². The molecule has 0 amide bonds. The summed E-state index contributed by atoms with van der Waals surface area (Å²) in [6.45, 7) is 1.40. The van der Waals surface area contributed by atoms with Gasteiger partial charge in [-0.05, 0) is 11.1 Å². The molecule has 0 fully saturated rings. The molecule has 4 aromatic heterocycles. The van der Waals surface area contributed by atoms with Crippen LogP contribution in [-0.4, -0.2) is 39.0 Å². The molecular formula is C30H22N8. The summed E-state index contributed by atoms with van der Waals surface area (Å²) in [5.74, 6) is 0. The van der Waals surface area contributed by atoms with Crippen LogP contribution in [0.3, 0.4) is 0 Å². The van der Waals surface area contributed by atoms with Gasteiger partial charge < -0.3 is 9.13 Å². The van der Waals surface area contributed by atoms with E-state index in [0.29, 0.717) is 13.1 Å². The Hall–Kier alpha value is -5.24. The summed E-state index contributed by atoms with van der Waals surface area (Å²) < 4.78 is 4.10. The molecular weight excluding hydrogens is 472 g/mol. The third-order valence-corrected chi connectivity index (χ3v) is 6.63. The lowest BCUT2D eigenvalue weighted by atomic mass is 10.1. The minimum absolute atomic E-state index is 0.702. The molecule has 0 saturated heterocycles. The number of benzene rings is 3. The maximum absolute atomic E-state index is 4.65. The Labute approximate surface area is 218 Å². The van der Waals surface area contributed by atoms with Crippen molar-refractivity contribution < 1.29 is 0 Å². The highest BCUT2D eigenvalue weighted by atomic mass is 15.1. The first kappa shape index (κ1) is 22.0. The molecule has 4 heterocycles. The van der Waals surface area contributed by atoms with E-state index in [0.717, 1.165) is 44.8 Å². The van der Waals surface area contributed by atoms with Crippen molar-refractivity contribution in [3.05, 3.63) is 121 Å². The number of nitrogens with zero attached hydrogens (tertiary/aromatic N) is 8. The maximum atomic E-state index is 4.65. The summed E-state index contributed by atoms with van der Waals surface area (Å²) in [7, 11) is 0. The summed E-state index contributed by atoms with van der Waals surface area (Å²) in [6.07, 6.45) is 6.85. The Morgan fingerprint density at radius 3 is 1.29 bits per heavy atom. The zero-order valence-electron chi connectivity index (χ0n) is 20.4. The van der Waals surface area contributed by atoms with E-state index < -0.39 is 0 Å². The number of fused-ring (bicyclic) bond motifs is 2. The predicted octanol–water partition coefficient (Wildman–Crippen LogP) is 5.40. The molecule has 0 radical (unpaired) electrons. The van der Waals surface area contributed by atoms with Gasteiger partial charge in [-0.2, -0.15) is 0 Å². The minimum Gasteiger partial charge on any atom is -0.311 e. The van der Waals surface area contributed by atoms with Crippen LogP contribution in [0.1, 0.15) is 11.1 Å². The van der Waals surface area contributed by atoms with Crippen molar-refractivity contribution in [2.75, 3.05) is 0 Å². The third-order valence-electron chi connectivity index (χ3n) is 6.63. The van der Waals surface area contributed by atoms with Crippen molar-refractivity contribution >= 4 is 22.3 Å². The summed E-state index contributed by atoms with van der Waals surface area (Å²) >= 11 is 0. The fraction of sp³-hybridized carbons (Fsp3) is 0.0667. The van der Waals surface area contributed by atoms with E-state index in [9.17, 15) is 0 Å². The second-order valence-corrected chi connectivity index (χ2v) is 9.08. The van der Waals surface area contributed by atoms with Gasteiger partial charge in [-0.25, -0.2) is 29.9 Å². The predicted molar refractivity (Wildman–Crippen MR) is 146 cm³/mol. The fourth-order valence-corrected chi connectivity index (χ4v) is 4.76. The van der Waals surface area contributed by atoms with E-state index in [1.807, 2.05) is 82.5 Å². The van der Waals surface area contributed by atoms with Crippen LogP contribution in [0.2, 0.25) is 0 Å². The van der Waals surface area contributed by atoms with E-state index in [-0.39, 0.29) is 0 Å². The molecule has 8 heteroatoms. The topological polar surface area (TPSA) is 87.2 Å². The second kappa shape index (κ2) is 9.33. The molecule has 182 valence electrons. The highest BCUT2D eigenvalue weighted by Crippen LogP contribution is 2.29. The highest BCUT2D eigenvalue weighted by Gasteiger charge is 2.15. The van der Waals surface area contributed by atoms with Crippen molar-refractivity contribution in [3.8, 4) is 22.5 Å². The van der Waals surface area contributed by atoms with Crippen molar-refractivity contribution in [3.63, 3.8) is 0 Å². The van der Waals surface area contributed by atoms with Crippen molar-refractivity contribution in [2.45, 2.75) is 13.1 Å². The average Bonchev–Trinajstić information content (AvgIpc) is 3.58. The van der Waals surface area contributed by atoms with Gasteiger partial charge in [0.1, 0.15) is 35.1 Å². The lowest BCUT2D eigenvalue weighted by Crippen LogP contribution is -2.00. The molecule has 0 N–H and O–H groups in total. The molecule has 8 nitrogen and oxygen atoms in total. The minimum atomic E-state index is 0.702. The van der Waals surface area contributed by atoms with Crippen LogP contribution in [0.15, 0.2) is 110 Å². The van der Waals surface area contributed by atoms with Gasteiger partial charge in [-0.1, -0.05) is 84.9 Å². The summed E-state index contributed by atoms with van der Waals surface area (Å²) in [4.78, 5) is 27.5. The van der Waals surface area contributed by atoms with E-state index in [2.05, 4.69) is 54.2 Å². The second-order valence-electron chi connectivity index (χ2n) is 9.08. The number of aromatic nitrogens is 8. The lowest BCUT2D eigenvalue weighted by Gasteiger charge is -2.07. The van der Waals surface area contributed by atoms with Crippen LogP contribution in [0.25, 0.3) is 44.8 Å². The summed E-state index contributed by atoms with van der Waals surface area (Å²) in [5.41, 5.74) is 9.09. The van der Waals surface area contributed by atoms with Crippen LogP contribution in [0.4, 0.5) is 0 Å². The SMILES string of the molecule is c1ccc(Cn2cnc3c(-c4ccc(-c5ncnc6c5ncn6Cc5ccccc5)cc4)ncnc32)cc1. The van der Waals surface area contributed by atoms with Gasteiger partial charge in [-0.15, -0.1) is 0 Å². The Bertz CT molecular complexity index is 1720. The molecule has 0 aliphatic heterocycles. The first-order chi connectivity index (χ1) is 18.8. The van der Waals surface area contributed by atoms with Gasteiger partial charge in [0.25, 0.3) is 0 Å². The Morgan fingerprint density at radius 2 is 0.868 bits per heavy atom. The van der Waals surface area contributed by atoms with Crippen LogP contribution < -0.4 is 0 Å². The number of rotatable bonds is 6. The molecule has 7 aromatic rings. The zero-order chi connectivity index (χ0) is 25.3. The Kier molecular flexibility index (Phi) is 5.40. The molecule has 0 atom stereocenters. The molecule has 38 heavy (non-hydrogen) atoms. The molecule has 0 aliphatic carbocycles. The number of imidazole rings is 2. The molecule has 0 aliphatic rings. The molecule has 0 saturated carbocycles. The average molecular weight is 495 g/mol. The Balaban J connectivity index is 1.21. The molecule has 7 rings (SSSR count). The van der Waals surface area contributed by atoms with Gasteiger partial charge in [-0.3, -0.25) is 0 Å². The van der Waals surface area contributed by atoms with Gasteiger partial charge in [0.15, 0.2) is 11.3 Å². The van der Waals surface area contributed by atoms with Crippen molar-refractivity contribution in [1.29, 1.82) is 0 Å². The molecule has 3 aromatic carbocycles. The van der Waals surface area contributed by atoms with Gasteiger partial charge in [0.05, 0.1) is 25.7 Å². The highest BCUT2D eigenvalue weighted by molar-refractivity contribution is 5.90. The van der Waals surface area contributed by atoms with Gasteiger partial charge in [0, 0.05) is 11.1 Å². The zero-order valence-corrected chi connectivity index (χ0v) is 20.4.